The highest BCUT2D eigenvalue weighted by Crippen LogP contribution is 2.44. The molecule has 0 bridgehead atoms. The van der Waals surface area contributed by atoms with Crippen LogP contribution in [0.15, 0.2) is 12.1 Å². The molecule has 2 N–H and O–H groups in total. The maximum Gasteiger partial charge on any atom is 0.223 e. The molecule has 1 heterocycles. The summed E-state index contributed by atoms with van der Waals surface area (Å²) >= 11 is 12.1. The van der Waals surface area contributed by atoms with Crippen molar-refractivity contribution in [1.82, 2.24) is 4.90 Å². The van der Waals surface area contributed by atoms with Gasteiger partial charge in [-0.2, -0.15) is 0 Å². The van der Waals surface area contributed by atoms with Crippen LogP contribution < -0.4 is 0 Å². The van der Waals surface area contributed by atoms with Crippen LogP contribution >= 0.6 is 23.2 Å². The quantitative estimate of drug-likeness (QED) is 0.901. The van der Waals surface area contributed by atoms with Gasteiger partial charge in [-0.15, -0.1) is 0 Å². The standard InChI is InChI=1S/C13H15Cl2NO3/c1-7-8(6-11(19)16(7)4-5-17)12-10(18)3-2-9(14)13(12)15/h2-3,7-8,17-18H,4-6H2,1H3. The first-order valence-electron chi connectivity index (χ1n) is 6.04. The van der Waals surface area contributed by atoms with Gasteiger partial charge >= 0.3 is 0 Å². The molecule has 19 heavy (non-hydrogen) atoms. The molecule has 2 atom stereocenters. The van der Waals surface area contributed by atoms with Crippen LogP contribution in [-0.4, -0.2) is 40.2 Å². The molecule has 1 amide bonds. The Kier molecular flexibility index (Phi) is 4.23. The van der Waals surface area contributed by atoms with Crippen molar-refractivity contribution in [3.63, 3.8) is 0 Å². The Balaban J connectivity index is 2.39. The molecule has 2 rings (SSSR count). The first kappa shape index (κ1) is 14.4. The maximum atomic E-state index is 11.9. The fraction of sp³-hybridized carbons (Fsp3) is 0.462. The highest BCUT2D eigenvalue weighted by Gasteiger charge is 2.39. The Morgan fingerprint density at radius 2 is 2.11 bits per heavy atom. The summed E-state index contributed by atoms with van der Waals surface area (Å²) in [4.78, 5) is 13.5. The number of amides is 1. The van der Waals surface area contributed by atoms with Crippen LogP contribution in [-0.2, 0) is 4.79 Å². The van der Waals surface area contributed by atoms with Crippen molar-refractivity contribution in [3.05, 3.63) is 27.7 Å². The Morgan fingerprint density at radius 1 is 1.42 bits per heavy atom. The predicted molar refractivity (Wildman–Crippen MR) is 73.7 cm³/mol. The molecule has 1 aliphatic heterocycles. The highest BCUT2D eigenvalue weighted by molar-refractivity contribution is 6.42. The minimum Gasteiger partial charge on any atom is -0.508 e. The molecule has 0 radical (unpaired) electrons. The van der Waals surface area contributed by atoms with E-state index in [4.69, 9.17) is 28.3 Å². The van der Waals surface area contributed by atoms with Crippen molar-refractivity contribution in [3.8, 4) is 5.75 Å². The van der Waals surface area contributed by atoms with Crippen LogP contribution in [0.5, 0.6) is 5.75 Å². The molecule has 1 fully saturated rings. The van der Waals surface area contributed by atoms with Crippen LogP contribution in [0.25, 0.3) is 0 Å². The van der Waals surface area contributed by atoms with Gasteiger partial charge in [0.05, 0.1) is 16.7 Å². The molecular formula is C13H15Cl2NO3. The molecule has 104 valence electrons. The molecule has 1 aliphatic rings. The number of rotatable bonds is 3. The van der Waals surface area contributed by atoms with E-state index in [-0.39, 0.29) is 48.2 Å². The van der Waals surface area contributed by atoms with Crippen molar-refractivity contribution >= 4 is 29.1 Å². The van der Waals surface area contributed by atoms with Gasteiger partial charge in [-0.05, 0) is 19.1 Å². The van der Waals surface area contributed by atoms with E-state index in [0.717, 1.165) is 0 Å². The molecule has 0 saturated carbocycles. The Bertz CT molecular complexity index is 507. The van der Waals surface area contributed by atoms with Gasteiger partial charge in [0, 0.05) is 30.5 Å². The van der Waals surface area contributed by atoms with Gasteiger partial charge in [0.1, 0.15) is 5.75 Å². The summed E-state index contributed by atoms with van der Waals surface area (Å²) in [7, 11) is 0. The topological polar surface area (TPSA) is 60.8 Å². The van der Waals surface area contributed by atoms with E-state index in [2.05, 4.69) is 0 Å². The van der Waals surface area contributed by atoms with E-state index in [1.807, 2.05) is 6.92 Å². The Morgan fingerprint density at radius 3 is 2.74 bits per heavy atom. The Labute approximate surface area is 121 Å². The number of aliphatic hydroxyl groups is 1. The van der Waals surface area contributed by atoms with E-state index in [1.54, 1.807) is 4.90 Å². The SMILES string of the molecule is CC1C(c2c(O)ccc(Cl)c2Cl)CC(=O)N1CCO. The van der Waals surface area contributed by atoms with Crippen molar-refractivity contribution < 1.29 is 15.0 Å². The smallest absolute Gasteiger partial charge is 0.223 e. The zero-order valence-corrected chi connectivity index (χ0v) is 11.9. The zero-order chi connectivity index (χ0) is 14.2. The number of phenols is 1. The van der Waals surface area contributed by atoms with Gasteiger partial charge in [0.2, 0.25) is 5.91 Å². The number of benzene rings is 1. The van der Waals surface area contributed by atoms with Crippen molar-refractivity contribution in [1.29, 1.82) is 0 Å². The molecule has 0 aliphatic carbocycles. The number of aromatic hydroxyl groups is 1. The molecule has 0 spiro atoms. The number of hydrogen-bond acceptors (Lipinski definition) is 3. The summed E-state index contributed by atoms with van der Waals surface area (Å²) in [5.74, 6) is -0.225. The van der Waals surface area contributed by atoms with E-state index in [1.165, 1.54) is 12.1 Å². The first-order chi connectivity index (χ1) is 8.97. The highest BCUT2D eigenvalue weighted by atomic mass is 35.5. The molecule has 2 unspecified atom stereocenters. The van der Waals surface area contributed by atoms with Crippen molar-refractivity contribution in [2.45, 2.75) is 25.3 Å². The number of carbonyl (C=O) groups excluding carboxylic acids is 1. The number of nitrogens with zero attached hydrogens (tertiary/aromatic N) is 1. The van der Waals surface area contributed by atoms with Gasteiger partial charge in [-0.1, -0.05) is 23.2 Å². The minimum atomic E-state index is -0.217. The number of carbonyl (C=O) groups is 1. The van der Waals surface area contributed by atoms with Crippen molar-refractivity contribution in [2.75, 3.05) is 13.2 Å². The number of β-amino-alcohol motifs (C(OH)–C–C–N with tert-alkyl or cyclic N) is 1. The Hall–Kier alpha value is -0.970. The fourth-order valence-electron chi connectivity index (χ4n) is 2.61. The van der Waals surface area contributed by atoms with Crippen LogP contribution in [0.4, 0.5) is 0 Å². The third kappa shape index (κ3) is 2.53. The lowest BCUT2D eigenvalue weighted by atomic mass is 9.91. The normalized spacial score (nSPS) is 23.2. The minimum absolute atomic E-state index is 0.0462. The van der Waals surface area contributed by atoms with E-state index < -0.39 is 0 Å². The lowest BCUT2D eigenvalue weighted by molar-refractivity contribution is -0.129. The molecule has 6 heteroatoms. The monoisotopic (exact) mass is 303 g/mol. The van der Waals surface area contributed by atoms with Gasteiger partial charge in [0.15, 0.2) is 0 Å². The van der Waals surface area contributed by atoms with Crippen LogP contribution in [0, 0.1) is 0 Å². The maximum absolute atomic E-state index is 11.9. The number of phenolic OH excluding ortho intramolecular Hbond substituents is 1. The molecule has 4 nitrogen and oxygen atoms in total. The molecule has 1 saturated heterocycles. The molecule has 1 aromatic carbocycles. The summed E-state index contributed by atoms with van der Waals surface area (Å²) in [5, 5.41) is 19.6. The van der Waals surface area contributed by atoms with E-state index >= 15 is 0 Å². The lowest BCUT2D eigenvalue weighted by Crippen LogP contribution is -2.34. The molecule has 1 aromatic rings. The van der Waals surface area contributed by atoms with Crippen LogP contribution in [0.3, 0.4) is 0 Å². The summed E-state index contributed by atoms with van der Waals surface area (Å²) in [6.45, 7) is 2.08. The second-order valence-corrected chi connectivity index (χ2v) is 5.44. The summed E-state index contributed by atoms with van der Waals surface area (Å²) in [5.41, 5.74) is 0.510. The molecule has 0 aromatic heterocycles. The van der Waals surface area contributed by atoms with Crippen LogP contribution in [0.2, 0.25) is 10.0 Å². The van der Waals surface area contributed by atoms with Gasteiger partial charge in [-0.25, -0.2) is 0 Å². The second-order valence-electron chi connectivity index (χ2n) is 4.66. The summed E-state index contributed by atoms with van der Waals surface area (Å²) < 4.78 is 0. The van der Waals surface area contributed by atoms with Crippen LogP contribution in [0.1, 0.15) is 24.8 Å². The average molecular weight is 304 g/mol. The van der Waals surface area contributed by atoms with Gasteiger partial charge < -0.3 is 15.1 Å². The predicted octanol–water partition coefficient (Wildman–Crippen LogP) is 2.40. The molecular weight excluding hydrogens is 289 g/mol. The van der Waals surface area contributed by atoms with E-state index in [0.29, 0.717) is 10.6 Å². The number of aliphatic hydroxyl groups excluding tert-OH is 1. The largest absolute Gasteiger partial charge is 0.508 e. The van der Waals surface area contributed by atoms with Gasteiger partial charge in [-0.3, -0.25) is 4.79 Å². The number of hydrogen-bond donors (Lipinski definition) is 2. The number of likely N-dealkylation sites (tertiary alicyclic amines) is 1. The zero-order valence-electron chi connectivity index (χ0n) is 10.4. The lowest BCUT2D eigenvalue weighted by Gasteiger charge is -2.25. The van der Waals surface area contributed by atoms with Crippen molar-refractivity contribution in [2.24, 2.45) is 0 Å². The number of halogens is 2. The third-order valence-electron chi connectivity index (χ3n) is 3.61. The average Bonchev–Trinajstić information content (AvgIpc) is 2.63. The summed E-state index contributed by atoms with van der Waals surface area (Å²) in [6, 6.07) is 2.87. The third-order valence-corrected chi connectivity index (χ3v) is 4.43. The van der Waals surface area contributed by atoms with E-state index in [9.17, 15) is 9.90 Å². The first-order valence-corrected chi connectivity index (χ1v) is 6.80. The fourth-order valence-corrected chi connectivity index (χ4v) is 3.07. The second kappa shape index (κ2) is 5.57. The summed E-state index contributed by atoms with van der Waals surface area (Å²) in [6.07, 6.45) is 0.259. The van der Waals surface area contributed by atoms with Gasteiger partial charge in [0.25, 0.3) is 0 Å².